The zero-order valence-electron chi connectivity index (χ0n) is 20.3. The molecule has 0 aliphatic heterocycles. The van der Waals surface area contributed by atoms with E-state index in [1.54, 1.807) is 18.3 Å². The van der Waals surface area contributed by atoms with E-state index in [0.29, 0.717) is 40.1 Å². The van der Waals surface area contributed by atoms with Crippen LogP contribution in [-0.2, 0) is 12.8 Å². The molecule has 1 fully saturated rings. The van der Waals surface area contributed by atoms with Gasteiger partial charge in [0, 0.05) is 12.1 Å². The standard InChI is InChI=1S/C26H19F4N7O2/c1-38-24-19(20(14-5-6-14)33-12-34-24)23-35-17-3-2-8-31-21(17)25(37-23)39-11-13-4-7-15(16(27)9-13)22-32-10-18(36-22)26(28,29)30/h2-4,7-10,12,14H,5-6,11H2,1H3,(H,32,36). The molecule has 13 heteroatoms. The number of alkyl halides is 3. The van der Waals surface area contributed by atoms with Crippen LogP contribution >= 0.6 is 0 Å². The molecule has 1 aliphatic carbocycles. The van der Waals surface area contributed by atoms with Gasteiger partial charge < -0.3 is 14.5 Å². The van der Waals surface area contributed by atoms with Gasteiger partial charge in [0.15, 0.2) is 11.3 Å². The van der Waals surface area contributed by atoms with Gasteiger partial charge in [-0.15, -0.1) is 0 Å². The molecule has 4 aromatic heterocycles. The number of benzene rings is 1. The molecule has 1 aliphatic rings. The van der Waals surface area contributed by atoms with E-state index in [1.165, 1.54) is 31.6 Å². The Balaban J connectivity index is 1.32. The predicted octanol–water partition coefficient (Wildman–Crippen LogP) is 5.49. The van der Waals surface area contributed by atoms with Crippen molar-refractivity contribution >= 4 is 11.0 Å². The summed E-state index contributed by atoms with van der Waals surface area (Å²) in [5, 5.41) is 0. The maximum absolute atomic E-state index is 14.9. The molecule has 9 nitrogen and oxygen atoms in total. The quantitative estimate of drug-likeness (QED) is 0.271. The summed E-state index contributed by atoms with van der Waals surface area (Å²) in [6.07, 6.45) is 1.01. The number of H-pyrrole nitrogens is 1. The van der Waals surface area contributed by atoms with Gasteiger partial charge in [-0.2, -0.15) is 18.2 Å². The van der Waals surface area contributed by atoms with Crippen molar-refractivity contribution in [2.24, 2.45) is 0 Å². The number of hydrogen-bond donors (Lipinski definition) is 1. The number of hydrogen-bond acceptors (Lipinski definition) is 8. The lowest BCUT2D eigenvalue weighted by atomic mass is 10.1. The number of nitrogens with one attached hydrogen (secondary N) is 1. The van der Waals surface area contributed by atoms with E-state index in [9.17, 15) is 17.6 Å². The second-order valence-corrected chi connectivity index (χ2v) is 8.89. The zero-order chi connectivity index (χ0) is 27.1. The van der Waals surface area contributed by atoms with Crippen LogP contribution in [0.3, 0.4) is 0 Å². The Morgan fingerprint density at radius 2 is 1.87 bits per heavy atom. The minimum absolute atomic E-state index is 0.0941. The van der Waals surface area contributed by atoms with E-state index < -0.39 is 17.7 Å². The molecule has 39 heavy (non-hydrogen) atoms. The minimum atomic E-state index is -4.61. The number of methoxy groups -OCH3 is 1. The third kappa shape index (κ3) is 4.82. The van der Waals surface area contributed by atoms with Crippen LogP contribution in [0.5, 0.6) is 11.8 Å². The number of imidazole rings is 1. The van der Waals surface area contributed by atoms with E-state index in [4.69, 9.17) is 9.47 Å². The monoisotopic (exact) mass is 537 g/mol. The molecule has 1 N–H and O–H groups in total. The van der Waals surface area contributed by atoms with Gasteiger partial charge in [0.05, 0.1) is 30.1 Å². The van der Waals surface area contributed by atoms with Gasteiger partial charge in [-0.3, -0.25) is 0 Å². The lowest BCUT2D eigenvalue weighted by Gasteiger charge is -2.13. The first-order valence-corrected chi connectivity index (χ1v) is 11.9. The van der Waals surface area contributed by atoms with Gasteiger partial charge in [0.1, 0.15) is 35.8 Å². The summed E-state index contributed by atoms with van der Waals surface area (Å²) in [5.74, 6) is 0.0835. The van der Waals surface area contributed by atoms with Crippen molar-refractivity contribution < 1.29 is 27.0 Å². The summed E-state index contributed by atoms with van der Waals surface area (Å²) >= 11 is 0. The summed E-state index contributed by atoms with van der Waals surface area (Å²) in [5.41, 5.74) is 1.54. The van der Waals surface area contributed by atoms with E-state index in [-0.39, 0.29) is 29.8 Å². The Morgan fingerprint density at radius 1 is 1.03 bits per heavy atom. The first-order chi connectivity index (χ1) is 18.8. The van der Waals surface area contributed by atoms with Crippen LogP contribution in [0, 0.1) is 5.82 Å². The van der Waals surface area contributed by atoms with Gasteiger partial charge >= 0.3 is 6.18 Å². The number of ether oxygens (including phenoxy) is 2. The Hall–Kier alpha value is -4.68. The highest BCUT2D eigenvalue weighted by atomic mass is 19.4. The van der Waals surface area contributed by atoms with Gasteiger partial charge in [-0.25, -0.2) is 29.3 Å². The molecule has 5 aromatic rings. The highest BCUT2D eigenvalue weighted by Crippen LogP contribution is 2.45. The Kier molecular flexibility index (Phi) is 6.04. The molecule has 0 radical (unpaired) electrons. The average molecular weight is 537 g/mol. The van der Waals surface area contributed by atoms with Gasteiger partial charge in [0.2, 0.25) is 11.8 Å². The number of nitrogens with zero attached hydrogens (tertiary/aromatic N) is 6. The van der Waals surface area contributed by atoms with Crippen LogP contribution in [-0.4, -0.2) is 42.0 Å². The van der Waals surface area contributed by atoms with Crippen LogP contribution in [0.25, 0.3) is 33.8 Å². The van der Waals surface area contributed by atoms with Crippen LogP contribution in [0.1, 0.15) is 35.7 Å². The van der Waals surface area contributed by atoms with Gasteiger partial charge in [0.25, 0.3) is 0 Å². The van der Waals surface area contributed by atoms with Crippen molar-refractivity contribution in [3.63, 3.8) is 0 Å². The predicted molar refractivity (Wildman–Crippen MR) is 130 cm³/mol. The first kappa shape index (κ1) is 24.6. The van der Waals surface area contributed by atoms with E-state index in [1.807, 2.05) is 0 Å². The summed E-state index contributed by atoms with van der Waals surface area (Å²) in [4.78, 5) is 28.0. The number of halogens is 4. The highest BCUT2D eigenvalue weighted by Gasteiger charge is 2.34. The van der Waals surface area contributed by atoms with Crippen LogP contribution in [0.2, 0.25) is 0 Å². The maximum atomic E-state index is 14.9. The number of rotatable bonds is 7. The molecule has 4 heterocycles. The second-order valence-electron chi connectivity index (χ2n) is 8.89. The van der Waals surface area contributed by atoms with Crippen molar-refractivity contribution in [1.82, 2.24) is 34.9 Å². The van der Waals surface area contributed by atoms with Crippen LogP contribution < -0.4 is 9.47 Å². The van der Waals surface area contributed by atoms with Crippen LogP contribution in [0.4, 0.5) is 17.6 Å². The van der Waals surface area contributed by atoms with Gasteiger partial charge in [-0.1, -0.05) is 6.07 Å². The molecule has 0 bridgehead atoms. The lowest BCUT2D eigenvalue weighted by Crippen LogP contribution is -2.06. The smallest absolute Gasteiger partial charge is 0.432 e. The summed E-state index contributed by atoms with van der Waals surface area (Å²) in [6, 6.07) is 7.53. The third-order valence-corrected chi connectivity index (χ3v) is 6.19. The molecule has 0 amide bonds. The third-order valence-electron chi connectivity index (χ3n) is 6.19. The van der Waals surface area contributed by atoms with E-state index in [2.05, 4.69) is 34.9 Å². The fourth-order valence-electron chi connectivity index (χ4n) is 4.16. The molecule has 1 aromatic carbocycles. The number of aromatic nitrogens is 7. The molecule has 0 unspecified atom stereocenters. The Bertz CT molecular complexity index is 1690. The molecule has 0 atom stereocenters. The maximum Gasteiger partial charge on any atom is 0.432 e. The zero-order valence-corrected chi connectivity index (χ0v) is 20.3. The number of pyridine rings is 1. The summed E-state index contributed by atoms with van der Waals surface area (Å²) < 4.78 is 65.0. The van der Waals surface area contributed by atoms with Crippen molar-refractivity contribution in [1.29, 1.82) is 0 Å². The minimum Gasteiger partial charge on any atom is -0.480 e. The SMILES string of the molecule is COc1ncnc(C2CC2)c1-c1nc(OCc2ccc(-c3ncc(C(F)(F)F)[nH]3)c(F)c2)c2ncccc2n1. The first-order valence-electron chi connectivity index (χ1n) is 11.9. The molecule has 0 saturated heterocycles. The van der Waals surface area contributed by atoms with Crippen LogP contribution in [0.15, 0.2) is 49.1 Å². The van der Waals surface area contributed by atoms with Crippen molar-refractivity contribution in [3.05, 3.63) is 71.8 Å². The van der Waals surface area contributed by atoms with Crippen molar-refractivity contribution in [2.45, 2.75) is 31.5 Å². The molecular weight excluding hydrogens is 518 g/mol. The molecule has 6 rings (SSSR count). The summed E-state index contributed by atoms with van der Waals surface area (Å²) in [6.45, 7) is -0.0941. The van der Waals surface area contributed by atoms with E-state index in [0.717, 1.165) is 18.5 Å². The van der Waals surface area contributed by atoms with Crippen molar-refractivity contribution in [3.8, 4) is 34.5 Å². The molecule has 0 spiro atoms. The Morgan fingerprint density at radius 3 is 2.59 bits per heavy atom. The largest absolute Gasteiger partial charge is 0.480 e. The van der Waals surface area contributed by atoms with Crippen molar-refractivity contribution in [2.75, 3.05) is 7.11 Å². The number of aromatic amines is 1. The summed E-state index contributed by atoms with van der Waals surface area (Å²) in [7, 11) is 1.51. The average Bonchev–Trinajstić information content (AvgIpc) is 3.66. The Labute approximate surface area is 218 Å². The fourth-order valence-corrected chi connectivity index (χ4v) is 4.16. The molecule has 1 saturated carbocycles. The normalized spacial score (nSPS) is 13.6. The topological polar surface area (TPSA) is 112 Å². The number of fused-ring (bicyclic) bond motifs is 1. The molecular formula is C26H19F4N7O2. The second kappa shape index (κ2) is 9.57. The molecule has 198 valence electrons. The van der Waals surface area contributed by atoms with Gasteiger partial charge in [-0.05, 0) is 42.7 Å². The van der Waals surface area contributed by atoms with E-state index >= 15 is 0 Å². The fraction of sp³-hybridized carbons (Fsp3) is 0.231. The lowest BCUT2D eigenvalue weighted by molar-refractivity contribution is -0.140. The highest BCUT2D eigenvalue weighted by molar-refractivity contribution is 5.82.